The van der Waals surface area contributed by atoms with Gasteiger partial charge in [0.2, 0.25) is 0 Å². The number of hydrogen-bond donors (Lipinski definition) is 1. The SMILES string of the molecule is CCC(P(=O)(CC)CC)S(=O)(=O)O. The van der Waals surface area contributed by atoms with Crippen molar-refractivity contribution in [3.8, 4) is 0 Å². The van der Waals surface area contributed by atoms with Gasteiger partial charge in [-0.05, 0) is 18.7 Å². The molecule has 1 N–H and O–H groups in total. The van der Waals surface area contributed by atoms with E-state index >= 15 is 0 Å². The first-order valence-corrected chi connectivity index (χ1v) is 8.00. The first-order chi connectivity index (χ1) is 5.81. The highest BCUT2D eigenvalue weighted by Gasteiger charge is 2.37. The average molecular weight is 228 g/mol. The highest BCUT2D eigenvalue weighted by atomic mass is 32.2. The van der Waals surface area contributed by atoms with Gasteiger partial charge in [0.1, 0.15) is 12.1 Å². The van der Waals surface area contributed by atoms with Gasteiger partial charge in [-0.3, -0.25) is 4.55 Å². The van der Waals surface area contributed by atoms with Crippen LogP contribution in [0, 0.1) is 0 Å². The standard InChI is InChI=1S/C7H17O4PS/c1-4-7(13(9,10)11)12(8,5-2)6-3/h7H,4-6H2,1-3H3,(H,9,10,11). The van der Waals surface area contributed by atoms with Gasteiger partial charge >= 0.3 is 0 Å². The Balaban J connectivity index is 5.09. The molecule has 0 aliphatic rings. The molecule has 0 aromatic heterocycles. The van der Waals surface area contributed by atoms with Gasteiger partial charge < -0.3 is 4.57 Å². The van der Waals surface area contributed by atoms with Crippen LogP contribution in [0.5, 0.6) is 0 Å². The zero-order valence-corrected chi connectivity index (χ0v) is 9.94. The topological polar surface area (TPSA) is 71.4 Å². The van der Waals surface area contributed by atoms with Crippen molar-refractivity contribution < 1.29 is 17.5 Å². The van der Waals surface area contributed by atoms with E-state index < -0.39 is 22.3 Å². The Hall–Kier alpha value is 0.140. The van der Waals surface area contributed by atoms with Gasteiger partial charge in [0.05, 0.1) is 0 Å². The van der Waals surface area contributed by atoms with Gasteiger partial charge in [-0.25, -0.2) is 0 Å². The molecule has 13 heavy (non-hydrogen) atoms. The van der Waals surface area contributed by atoms with E-state index in [1.54, 1.807) is 20.8 Å². The van der Waals surface area contributed by atoms with E-state index in [9.17, 15) is 13.0 Å². The molecule has 0 rings (SSSR count). The second kappa shape index (κ2) is 4.58. The quantitative estimate of drug-likeness (QED) is 0.577. The van der Waals surface area contributed by atoms with Gasteiger partial charge in [0.25, 0.3) is 10.1 Å². The molecule has 0 spiro atoms. The maximum absolute atomic E-state index is 12.0. The van der Waals surface area contributed by atoms with E-state index in [4.69, 9.17) is 4.55 Å². The van der Waals surface area contributed by atoms with Gasteiger partial charge in [0.15, 0.2) is 0 Å². The molecule has 0 saturated carbocycles. The lowest BCUT2D eigenvalue weighted by Crippen LogP contribution is -2.21. The molecular weight excluding hydrogens is 211 g/mol. The van der Waals surface area contributed by atoms with Crippen molar-refractivity contribution in [1.82, 2.24) is 0 Å². The molecule has 1 atom stereocenters. The van der Waals surface area contributed by atoms with Gasteiger partial charge in [-0.15, -0.1) is 0 Å². The second-order valence-electron chi connectivity index (χ2n) is 2.96. The summed E-state index contributed by atoms with van der Waals surface area (Å²) >= 11 is 0. The summed E-state index contributed by atoms with van der Waals surface area (Å²) in [6, 6.07) is 0. The molecule has 4 nitrogen and oxygen atoms in total. The monoisotopic (exact) mass is 228 g/mol. The molecule has 0 aromatic carbocycles. The molecule has 0 aromatic rings. The van der Waals surface area contributed by atoms with E-state index in [0.29, 0.717) is 12.3 Å². The van der Waals surface area contributed by atoms with Crippen LogP contribution >= 0.6 is 7.14 Å². The summed E-state index contributed by atoms with van der Waals surface area (Å²) in [5.74, 6) is 0. The fourth-order valence-electron chi connectivity index (χ4n) is 1.42. The van der Waals surface area contributed by atoms with E-state index in [0.717, 1.165) is 0 Å². The molecule has 80 valence electrons. The van der Waals surface area contributed by atoms with Crippen molar-refractivity contribution in [2.75, 3.05) is 12.3 Å². The Morgan fingerprint density at radius 1 is 1.23 bits per heavy atom. The molecule has 0 aliphatic heterocycles. The highest BCUT2D eigenvalue weighted by Crippen LogP contribution is 2.53. The molecule has 0 heterocycles. The second-order valence-corrected chi connectivity index (χ2v) is 8.70. The maximum atomic E-state index is 12.0. The Morgan fingerprint density at radius 2 is 1.62 bits per heavy atom. The molecular formula is C7H17O4PS. The molecule has 0 aliphatic carbocycles. The van der Waals surface area contributed by atoms with E-state index in [-0.39, 0.29) is 6.42 Å². The van der Waals surface area contributed by atoms with Gasteiger partial charge in [0, 0.05) is 0 Å². The molecule has 0 amide bonds. The van der Waals surface area contributed by atoms with E-state index in [1.165, 1.54) is 0 Å². The largest absolute Gasteiger partial charge is 0.322 e. The molecule has 1 unspecified atom stereocenters. The predicted octanol–water partition coefficient (Wildman–Crippen LogP) is 2.01. The first-order valence-electron chi connectivity index (χ1n) is 4.35. The zero-order chi connectivity index (χ0) is 10.7. The van der Waals surface area contributed by atoms with Crippen molar-refractivity contribution in [2.24, 2.45) is 0 Å². The van der Waals surface area contributed by atoms with E-state index in [2.05, 4.69) is 0 Å². The third-order valence-electron chi connectivity index (χ3n) is 2.29. The normalized spacial score (nSPS) is 15.7. The average Bonchev–Trinajstić information content (AvgIpc) is 2.02. The highest BCUT2D eigenvalue weighted by molar-refractivity contribution is 7.95. The van der Waals surface area contributed by atoms with Crippen LogP contribution in [0.15, 0.2) is 0 Å². The van der Waals surface area contributed by atoms with Crippen molar-refractivity contribution in [1.29, 1.82) is 0 Å². The van der Waals surface area contributed by atoms with Crippen LogP contribution < -0.4 is 0 Å². The van der Waals surface area contributed by atoms with Crippen LogP contribution in [-0.4, -0.2) is 30.3 Å². The molecule has 0 fully saturated rings. The fourth-order valence-corrected chi connectivity index (χ4v) is 6.60. The summed E-state index contributed by atoms with van der Waals surface area (Å²) < 4.78 is 42.7. The Kier molecular flexibility index (Phi) is 4.63. The summed E-state index contributed by atoms with van der Waals surface area (Å²) in [6.07, 6.45) is 0.849. The van der Waals surface area contributed by atoms with Crippen LogP contribution in [0.25, 0.3) is 0 Å². The molecule has 0 bridgehead atoms. The van der Waals surface area contributed by atoms with Crippen molar-refractivity contribution in [2.45, 2.75) is 32.2 Å². The minimum absolute atomic E-state index is 0.206. The Labute approximate surface area is 79.8 Å². The van der Waals surface area contributed by atoms with Gasteiger partial charge in [-0.1, -0.05) is 20.8 Å². The van der Waals surface area contributed by atoms with Crippen LogP contribution in [0.4, 0.5) is 0 Å². The lowest BCUT2D eigenvalue weighted by Gasteiger charge is -2.21. The third kappa shape index (κ3) is 3.08. The number of rotatable bonds is 5. The van der Waals surface area contributed by atoms with Crippen molar-refractivity contribution >= 4 is 17.3 Å². The van der Waals surface area contributed by atoms with Crippen LogP contribution in [-0.2, 0) is 14.7 Å². The van der Waals surface area contributed by atoms with Crippen molar-refractivity contribution in [3.63, 3.8) is 0 Å². The lowest BCUT2D eigenvalue weighted by molar-refractivity contribution is 0.474. The Bertz CT molecular complexity index is 288. The fraction of sp³-hybridized carbons (Fsp3) is 1.00. The first kappa shape index (κ1) is 13.1. The lowest BCUT2D eigenvalue weighted by atomic mass is 10.6. The molecule has 0 saturated heterocycles. The molecule has 0 radical (unpaired) electrons. The van der Waals surface area contributed by atoms with Crippen LogP contribution in [0.1, 0.15) is 27.2 Å². The van der Waals surface area contributed by atoms with Crippen molar-refractivity contribution in [3.05, 3.63) is 0 Å². The Morgan fingerprint density at radius 3 is 1.69 bits per heavy atom. The smallest absolute Gasteiger partial charge is 0.274 e. The molecule has 6 heteroatoms. The summed E-state index contributed by atoms with van der Waals surface area (Å²) in [7, 11) is -6.91. The minimum Gasteiger partial charge on any atom is -0.322 e. The zero-order valence-electron chi connectivity index (χ0n) is 8.23. The summed E-state index contributed by atoms with van der Waals surface area (Å²) in [6.45, 7) is 5.01. The minimum atomic E-state index is -4.16. The van der Waals surface area contributed by atoms with Crippen LogP contribution in [0.3, 0.4) is 0 Å². The summed E-state index contributed by atoms with van der Waals surface area (Å²) in [5.41, 5.74) is 0. The van der Waals surface area contributed by atoms with Gasteiger partial charge in [-0.2, -0.15) is 8.42 Å². The van der Waals surface area contributed by atoms with Crippen LogP contribution in [0.2, 0.25) is 0 Å². The number of hydrogen-bond acceptors (Lipinski definition) is 3. The third-order valence-corrected chi connectivity index (χ3v) is 8.82. The summed E-state index contributed by atoms with van der Waals surface area (Å²) in [5, 5.41) is 0. The predicted molar refractivity (Wildman–Crippen MR) is 54.3 cm³/mol. The van der Waals surface area contributed by atoms with E-state index in [1.807, 2.05) is 0 Å². The maximum Gasteiger partial charge on any atom is 0.274 e. The summed E-state index contributed by atoms with van der Waals surface area (Å²) in [4.78, 5) is -1.07.